The number of pyridine rings is 1. The number of fused-ring (bicyclic) bond motifs is 5. The zero-order valence-electron chi connectivity index (χ0n) is 14.2. The summed E-state index contributed by atoms with van der Waals surface area (Å²) in [5, 5.41) is 4.59. The number of thiophene rings is 1. The van der Waals surface area contributed by atoms with E-state index in [1.54, 1.807) is 17.7 Å². The van der Waals surface area contributed by atoms with Crippen LogP contribution in [0.3, 0.4) is 0 Å². The van der Waals surface area contributed by atoms with Gasteiger partial charge in [0, 0.05) is 17.6 Å². The van der Waals surface area contributed by atoms with E-state index in [9.17, 15) is 0 Å². The third-order valence-electron chi connectivity index (χ3n) is 4.71. The SMILES string of the molecule is C=CCNc1ncnc2c1sc1nc(C(C)C)c3c(c12)CCCC3. The normalized spacial score (nSPS) is 14.3. The number of nitrogens with one attached hydrogen (secondary N) is 1. The second kappa shape index (κ2) is 6.13. The summed E-state index contributed by atoms with van der Waals surface area (Å²) in [6.45, 7) is 8.96. The maximum Gasteiger partial charge on any atom is 0.147 e. The van der Waals surface area contributed by atoms with Gasteiger partial charge in [-0.15, -0.1) is 17.9 Å². The van der Waals surface area contributed by atoms with Crippen LogP contribution in [0.2, 0.25) is 0 Å². The smallest absolute Gasteiger partial charge is 0.147 e. The molecule has 4 rings (SSSR count). The van der Waals surface area contributed by atoms with Crippen molar-refractivity contribution < 1.29 is 0 Å². The van der Waals surface area contributed by atoms with E-state index >= 15 is 0 Å². The Bertz CT molecular complexity index is 926. The molecule has 1 aliphatic rings. The summed E-state index contributed by atoms with van der Waals surface area (Å²) in [6.07, 6.45) is 8.32. The molecule has 0 aliphatic heterocycles. The average Bonchev–Trinajstić information content (AvgIpc) is 2.98. The highest BCUT2D eigenvalue weighted by Crippen LogP contribution is 2.41. The van der Waals surface area contributed by atoms with Crippen molar-refractivity contribution in [1.29, 1.82) is 0 Å². The van der Waals surface area contributed by atoms with Crippen LogP contribution in [0.25, 0.3) is 20.4 Å². The molecule has 1 N–H and O–H groups in total. The van der Waals surface area contributed by atoms with Crippen LogP contribution in [-0.2, 0) is 12.8 Å². The fourth-order valence-electron chi connectivity index (χ4n) is 3.66. The topological polar surface area (TPSA) is 50.7 Å². The Balaban J connectivity index is 2.04. The minimum Gasteiger partial charge on any atom is -0.365 e. The zero-order valence-corrected chi connectivity index (χ0v) is 15.0. The number of hydrogen-bond acceptors (Lipinski definition) is 5. The van der Waals surface area contributed by atoms with Gasteiger partial charge in [0.1, 0.15) is 17.0 Å². The number of rotatable bonds is 4. The van der Waals surface area contributed by atoms with E-state index in [0.717, 1.165) is 33.7 Å². The first-order valence-electron chi connectivity index (χ1n) is 8.64. The van der Waals surface area contributed by atoms with Gasteiger partial charge in [-0.1, -0.05) is 19.9 Å². The Kier molecular flexibility index (Phi) is 3.96. The van der Waals surface area contributed by atoms with Gasteiger partial charge in [-0.05, 0) is 42.7 Å². The molecular formula is C19H22N4S. The Morgan fingerprint density at radius 1 is 1.25 bits per heavy atom. The van der Waals surface area contributed by atoms with Crippen molar-refractivity contribution in [3.05, 3.63) is 35.8 Å². The lowest BCUT2D eigenvalue weighted by Gasteiger charge is -2.21. The van der Waals surface area contributed by atoms with Crippen molar-refractivity contribution in [2.75, 3.05) is 11.9 Å². The van der Waals surface area contributed by atoms with Gasteiger partial charge in [0.05, 0.1) is 10.2 Å². The van der Waals surface area contributed by atoms with Gasteiger partial charge in [0.2, 0.25) is 0 Å². The third-order valence-corrected chi connectivity index (χ3v) is 5.79. The molecule has 0 aromatic carbocycles. The fourth-order valence-corrected chi connectivity index (χ4v) is 4.79. The van der Waals surface area contributed by atoms with Gasteiger partial charge in [-0.25, -0.2) is 15.0 Å². The maximum absolute atomic E-state index is 5.05. The number of nitrogens with zero attached hydrogens (tertiary/aromatic N) is 3. The molecule has 0 saturated heterocycles. The van der Waals surface area contributed by atoms with Crippen LogP contribution in [0.5, 0.6) is 0 Å². The molecule has 0 bridgehead atoms. The van der Waals surface area contributed by atoms with E-state index in [-0.39, 0.29) is 0 Å². The molecule has 3 heterocycles. The van der Waals surface area contributed by atoms with E-state index in [4.69, 9.17) is 4.98 Å². The summed E-state index contributed by atoms with van der Waals surface area (Å²) in [7, 11) is 0. The lowest BCUT2D eigenvalue weighted by Crippen LogP contribution is -2.10. The minimum atomic E-state index is 0.455. The molecular weight excluding hydrogens is 316 g/mol. The first kappa shape index (κ1) is 15.5. The summed E-state index contributed by atoms with van der Waals surface area (Å²) < 4.78 is 1.11. The van der Waals surface area contributed by atoms with E-state index in [2.05, 4.69) is 35.7 Å². The Hall–Kier alpha value is -2.01. The fraction of sp³-hybridized carbons (Fsp3) is 0.421. The maximum atomic E-state index is 5.05. The Morgan fingerprint density at radius 2 is 2.04 bits per heavy atom. The molecule has 0 atom stereocenters. The van der Waals surface area contributed by atoms with Gasteiger partial charge in [-0.2, -0.15) is 0 Å². The van der Waals surface area contributed by atoms with Crippen LogP contribution < -0.4 is 5.32 Å². The van der Waals surface area contributed by atoms with Crippen molar-refractivity contribution in [2.24, 2.45) is 0 Å². The Morgan fingerprint density at radius 3 is 2.79 bits per heavy atom. The Labute approximate surface area is 146 Å². The number of aryl methyl sites for hydroxylation is 1. The summed E-state index contributed by atoms with van der Waals surface area (Å²) in [4.78, 5) is 15.2. The second-order valence-electron chi connectivity index (χ2n) is 6.67. The van der Waals surface area contributed by atoms with Crippen molar-refractivity contribution >= 4 is 37.6 Å². The van der Waals surface area contributed by atoms with Crippen LogP contribution >= 0.6 is 11.3 Å². The predicted molar refractivity (Wildman–Crippen MR) is 102 cm³/mol. The average molecular weight is 338 g/mol. The third kappa shape index (κ3) is 2.38. The van der Waals surface area contributed by atoms with Crippen LogP contribution in [0.4, 0.5) is 5.82 Å². The monoisotopic (exact) mass is 338 g/mol. The van der Waals surface area contributed by atoms with E-state index in [1.165, 1.54) is 35.0 Å². The van der Waals surface area contributed by atoms with E-state index in [1.807, 2.05) is 6.08 Å². The molecule has 4 nitrogen and oxygen atoms in total. The minimum absolute atomic E-state index is 0.455. The standard InChI is InChI=1S/C19H22N4S/c1-4-9-20-18-17-16(21-10-22-18)14-12-7-5-6-8-13(12)15(11(2)3)23-19(14)24-17/h4,10-11H,1,5-9H2,2-3H3,(H,20,21,22). The number of anilines is 1. The summed E-state index contributed by atoms with van der Waals surface area (Å²) in [5.74, 6) is 1.34. The first-order valence-corrected chi connectivity index (χ1v) is 9.46. The van der Waals surface area contributed by atoms with Crippen molar-refractivity contribution in [3.8, 4) is 0 Å². The molecule has 24 heavy (non-hydrogen) atoms. The molecule has 0 spiro atoms. The largest absolute Gasteiger partial charge is 0.365 e. The quantitative estimate of drug-likeness (QED) is 0.692. The van der Waals surface area contributed by atoms with Gasteiger partial charge in [0.15, 0.2) is 0 Å². The van der Waals surface area contributed by atoms with Crippen molar-refractivity contribution in [3.63, 3.8) is 0 Å². The zero-order chi connectivity index (χ0) is 16.7. The van der Waals surface area contributed by atoms with Crippen molar-refractivity contribution in [2.45, 2.75) is 45.4 Å². The van der Waals surface area contributed by atoms with Gasteiger partial charge in [-0.3, -0.25) is 0 Å². The van der Waals surface area contributed by atoms with Crippen LogP contribution in [0.15, 0.2) is 19.0 Å². The predicted octanol–water partition coefficient (Wildman–Crippen LogP) is 4.84. The van der Waals surface area contributed by atoms with Crippen LogP contribution in [0, 0.1) is 0 Å². The highest BCUT2D eigenvalue weighted by molar-refractivity contribution is 7.26. The van der Waals surface area contributed by atoms with Crippen molar-refractivity contribution in [1.82, 2.24) is 15.0 Å². The number of aromatic nitrogens is 3. The molecule has 0 radical (unpaired) electrons. The lowest BCUT2D eigenvalue weighted by atomic mass is 9.86. The molecule has 124 valence electrons. The van der Waals surface area contributed by atoms with Crippen LogP contribution in [0.1, 0.15) is 49.4 Å². The molecule has 3 aromatic heterocycles. The lowest BCUT2D eigenvalue weighted by molar-refractivity contribution is 0.667. The molecule has 0 unspecified atom stereocenters. The number of hydrogen-bond donors (Lipinski definition) is 1. The van der Waals surface area contributed by atoms with Gasteiger partial charge >= 0.3 is 0 Å². The summed E-state index contributed by atoms with van der Waals surface area (Å²) in [5.41, 5.74) is 5.28. The van der Waals surface area contributed by atoms with Crippen LogP contribution in [-0.4, -0.2) is 21.5 Å². The summed E-state index contributed by atoms with van der Waals surface area (Å²) in [6, 6.07) is 0. The summed E-state index contributed by atoms with van der Waals surface area (Å²) >= 11 is 1.71. The highest BCUT2D eigenvalue weighted by Gasteiger charge is 2.23. The first-order chi connectivity index (χ1) is 11.7. The molecule has 1 aliphatic carbocycles. The second-order valence-corrected chi connectivity index (χ2v) is 7.67. The molecule has 0 saturated carbocycles. The van der Waals surface area contributed by atoms with E-state index < -0.39 is 0 Å². The molecule has 5 heteroatoms. The molecule has 0 fully saturated rings. The van der Waals surface area contributed by atoms with Gasteiger partial charge < -0.3 is 5.32 Å². The highest BCUT2D eigenvalue weighted by atomic mass is 32.1. The molecule has 3 aromatic rings. The van der Waals surface area contributed by atoms with E-state index in [0.29, 0.717) is 12.5 Å². The molecule has 0 amide bonds. The van der Waals surface area contributed by atoms with Gasteiger partial charge in [0.25, 0.3) is 0 Å².